The maximum atomic E-state index is 12.3. The van der Waals surface area contributed by atoms with E-state index in [1.807, 2.05) is 18.2 Å². The molecule has 0 fully saturated rings. The van der Waals surface area contributed by atoms with E-state index in [9.17, 15) is 14.4 Å². The van der Waals surface area contributed by atoms with Crippen molar-refractivity contribution in [2.75, 3.05) is 26.8 Å². The van der Waals surface area contributed by atoms with E-state index in [1.165, 1.54) is 6.92 Å². The normalized spacial score (nSPS) is 16.1. The van der Waals surface area contributed by atoms with Gasteiger partial charge in [0, 0.05) is 44.4 Å². The minimum absolute atomic E-state index is 0.00907. The van der Waals surface area contributed by atoms with Crippen LogP contribution in [0.3, 0.4) is 0 Å². The number of rotatable bonds is 6. The van der Waals surface area contributed by atoms with Crippen molar-refractivity contribution in [1.82, 2.24) is 9.80 Å². The number of allylic oxidation sites excluding steroid dienone is 4. The first kappa shape index (κ1) is 20.5. The summed E-state index contributed by atoms with van der Waals surface area (Å²) in [5.74, 6) is -0.871. The Hall–Kier alpha value is -2.83. The molecule has 0 aromatic heterocycles. The van der Waals surface area contributed by atoms with E-state index in [1.54, 1.807) is 36.9 Å². The molecule has 0 spiro atoms. The van der Waals surface area contributed by atoms with Crippen LogP contribution in [-0.4, -0.2) is 54.5 Å². The third kappa shape index (κ3) is 5.09. The lowest BCUT2D eigenvalue weighted by atomic mass is 9.98. The van der Waals surface area contributed by atoms with Crippen molar-refractivity contribution in [2.24, 2.45) is 0 Å². The standard InChI is InChI=1S/C20H26N2O5/c1-5-26-19(24)13-22-12-16(20(25)27-6-2)10-15-11-17(21(4)14(3)23)8-7-9-18(15)22/h7-8,11-12H,5-6,9-10,13H2,1-4H3. The van der Waals surface area contributed by atoms with Crippen LogP contribution in [0, 0.1) is 0 Å². The molecule has 1 aliphatic heterocycles. The van der Waals surface area contributed by atoms with Crippen molar-refractivity contribution < 1.29 is 23.9 Å². The average Bonchev–Trinajstić information content (AvgIpc) is 2.83. The molecule has 0 saturated heterocycles. The maximum absolute atomic E-state index is 12.3. The Labute approximate surface area is 159 Å². The van der Waals surface area contributed by atoms with Gasteiger partial charge in [0.25, 0.3) is 0 Å². The van der Waals surface area contributed by atoms with Gasteiger partial charge in [0.1, 0.15) is 6.54 Å². The minimum atomic E-state index is -0.412. The summed E-state index contributed by atoms with van der Waals surface area (Å²) in [5.41, 5.74) is 2.97. The molecule has 1 heterocycles. The van der Waals surface area contributed by atoms with Crippen LogP contribution in [0.2, 0.25) is 0 Å². The Morgan fingerprint density at radius 3 is 2.52 bits per heavy atom. The predicted octanol–water partition coefficient (Wildman–Crippen LogP) is 2.28. The quantitative estimate of drug-likeness (QED) is 0.664. The van der Waals surface area contributed by atoms with E-state index >= 15 is 0 Å². The molecular formula is C20H26N2O5. The number of carbonyl (C=O) groups is 3. The number of hydrogen-bond donors (Lipinski definition) is 0. The Bertz CT molecular complexity index is 745. The summed E-state index contributed by atoms with van der Waals surface area (Å²) in [6, 6.07) is 0. The molecule has 2 aliphatic rings. The van der Waals surface area contributed by atoms with Gasteiger partial charge in [-0.15, -0.1) is 0 Å². The number of amides is 1. The largest absolute Gasteiger partial charge is 0.465 e. The Morgan fingerprint density at radius 2 is 1.89 bits per heavy atom. The summed E-state index contributed by atoms with van der Waals surface area (Å²) in [7, 11) is 1.70. The molecule has 1 amide bonds. The molecule has 0 aromatic rings. The van der Waals surface area contributed by atoms with Gasteiger partial charge in [0.05, 0.1) is 18.8 Å². The van der Waals surface area contributed by atoms with Crippen LogP contribution in [0.25, 0.3) is 0 Å². The Balaban J connectivity index is 2.40. The highest BCUT2D eigenvalue weighted by molar-refractivity contribution is 5.89. The number of ether oxygens (including phenoxy) is 2. The van der Waals surface area contributed by atoms with Gasteiger partial charge in [0.2, 0.25) is 5.91 Å². The summed E-state index contributed by atoms with van der Waals surface area (Å²) in [4.78, 5) is 39.3. The number of carbonyl (C=O) groups excluding carboxylic acids is 3. The van der Waals surface area contributed by atoms with Gasteiger partial charge in [-0.2, -0.15) is 0 Å². The third-order valence-corrected chi connectivity index (χ3v) is 4.33. The highest BCUT2D eigenvalue weighted by Gasteiger charge is 2.26. The van der Waals surface area contributed by atoms with Gasteiger partial charge in [-0.3, -0.25) is 9.59 Å². The number of likely N-dealkylation sites (N-methyl/N-ethyl adjacent to an activating group) is 1. The van der Waals surface area contributed by atoms with E-state index < -0.39 is 5.97 Å². The van der Waals surface area contributed by atoms with E-state index in [0.29, 0.717) is 25.0 Å². The number of hydrogen-bond acceptors (Lipinski definition) is 6. The fourth-order valence-electron chi connectivity index (χ4n) is 2.93. The number of nitrogens with zero attached hydrogens (tertiary/aromatic N) is 2. The first-order valence-electron chi connectivity index (χ1n) is 9.02. The van der Waals surface area contributed by atoms with Gasteiger partial charge < -0.3 is 19.3 Å². The van der Waals surface area contributed by atoms with Gasteiger partial charge in [-0.1, -0.05) is 6.08 Å². The van der Waals surface area contributed by atoms with Crippen LogP contribution in [0.15, 0.2) is 47.0 Å². The second kappa shape index (κ2) is 9.21. The van der Waals surface area contributed by atoms with Gasteiger partial charge >= 0.3 is 11.9 Å². The minimum Gasteiger partial charge on any atom is -0.465 e. The first-order valence-corrected chi connectivity index (χ1v) is 9.02. The molecule has 0 aromatic carbocycles. The monoisotopic (exact) mass is 374 g/mol. The number of esters is 2. The SMILES string of the molecule is CCOC(=O)CN1C=C(C(=O)OCC)CC2=C1CC=CC(N(C)C(C)=O)=C2. The average molecular weight is 374 g/mol. The van der Waals surface area contributed by atoms with Crippen molar-refractivity contribution in [3.8, 4) is 0 Å². The molecule has 1 aliphatic carbocycles. The molecule has 7 nitrogen and oxygen atoms in total. The van der Waals surface area contributed by atoms with Crippen LogP contribution in [0.1, 0.15) is 33.6 Å². The van der Waals surface area contributed by atoms with E-state index in [-0.39, 0.29) is 25.0 Å². The van der Waals surface area contributed by atoms with Gasteiger partial charge in [-0.05, 0) is 31.6 Å². The topological polar surface area (TPSA) is 76.2 Å². The van der Waals surface area contributed by atoms with Crippen LogP contribution in [-0.2, 0) is 23.9 Å². The molecule has 0 bridgehead atoms. The van der Waals surface area contributed by atoms with E-state index in [2.05, 4.69) is 0 Å². The highest BCUT2D eigenvalue weighted by atomic mass is 16.5. The van der Waals surface area contributed by atoms with Gasteiger partial charge in [0.15, 0.2) is 0 Å². The Morgan fingerprint density at radius 1 is 1.19 bits per heavy atom. The molecule has 0 N–H and O–H groups in total. The summed E-state index contributed by atoms with van der Waals surface area (Å²) >= 11 is 0. The molecule has 0 saturated carbocycles. The Kier molecular flexibility index (Phi) is 6.98. The summed E-state index contributed by atoms with van der Waals surface area (Å²) in [5, 5.41) is 0. The van der Waals surface area contributed by atoms with E-state index in [0.717, 1.165) is 17.0 Å². The van der Waals surface area contributed by atoms with Crippen molar-refractivity contribution >= 4 is 17.8 Å². The summed E-state index contributed by atoms with van der Waals surface area (Å²) in [6.45, 7) is 5.56. The molecule has 0 radical (unpaired) electrons. The summed E-state index contributed by atoms with van der Waals surface area (Å²) in [6.07, 6.45) is 8.30. The third-order valence-electron chi connectivity index (χ3n) is 4.33. The molecule has 27 heavy (non-hydrogen) atoms. The molecule has 0 atom stereocenters. The van der Waals surface area contributed by atoms with Crippen LogP contribution in [0.4, 0.5) is 0 Å². The predicted molar refractivity (Wildman–Crippen MR) is 100.0 cm³/mol. The van der Waals surface area contributed by atoms with E-state index in [4.69, 9.17) is 9.47 Å². The second-order valence-corrected chi connectivity index (χ2v) is 6.21. The lowest BCUT2D eigenvalue weighted by molar-refractivity contribution is -0.144. The van der Waals surface area contributed by atoms with Crippen LogP contribution in [0.5, 0.6) is 0 Å². The fourth-order valence-corrected chi connectivity index (χ4v) is 2.93. The van der Waals surface area contributed by atoms with Crippen molar-refractivity contribution in [3.05, 3.63) is 47.0 Å². The zero-order valence-electron chi connectivity index (χ0n) is 16.3. The fraction of sp³-hybridized carbons (Fsp3) is 0.450. The van der Waals surface area contributed by atoms with Crippen molar-refractivity contribution in [1.29, 1.82) is 0 Å². The van der Waals surface area contributed by atoms with Crippen LogP contribution >= 0.6 is 0 Å². The highest BCUT2D eigenvalue weighted by Crippen LogP contribution is 2.32. The zero-order valence-corrected chi connectivity index (χ0v) is 16.3. The molecule has 146 valence electrons. The lowest BCUT2D eigenvalue weighted by Gasteiger charge is -2.29. The zero-order chi connectivity index (χ0) is 20.0. The summed E-state index contributed by atoms with van der Waals surface area (Å²) < 4.78 is 10.2. The van der Waals surface area contributed by atoms with Gasteiger partial charge in [-0.25, -0.2) is 4.79 Å². The lowest BCUT2D eigenvalue weighted by Crippen LogP contribution is -2.30. The van der Waals surface area contributed by atoms with Crippen LogP contribution < -0.4 is 0 Å². The first-order chi connectivity index (χ1) is 12.9. The molecule has 7 heteroatoms. The molecule has 0 unspecified atom stereocenters. The van der Waals surface area contributed by atoms with Crippen molar-refractivity contribution in [2.45, 2.75) is 33.6 Å². The van der Waals surface area contributed by atoms with Crippen molar-refractivity contribution in [3.63, 3.8) is 0 Å². The molecular weight excluding hydrogens is 348 g/mol. The second-order valence-electron chi connectivity index (χ2n) is 6.21. The maximum Gasteiger partial charge on any atom is 0.335 e. The molecule has 2 rings (SSSR count). The smallest absolute Gasteiger partial charge is 0.335 e.